The SMILES string of the molecule is CC(C)N1CCN(CC(C)(C)N2CCN(C)C(=O)C2)C(=O)C1=O. The standard InChI is InChI=1S/C16H28N4O3/c1-12(2)20-9-7-18(14(22)15(20)23)11-16(3,4)19-8-6-17(5)13(21)10-19/h12H,6-11H2,1-5H3. The molecule has 0 bridgehead atoms. The number of rotatable bonds is 4. The van der Waals surface area contributed by atoms with Crippen LogP contribution in [0.15, 0.2) is 0 Å². The van der Waals surface area contributed by atoms with Gasteiger partial charge in [-0.15, -0.1) is 0 Å². The van der Waals surface area contributed by atoms with E-state index in [4.69, 9.17) is 0 Å². The average Bonchev–Trinajstić information content (AvgIpc) is 2.46. The Morgan fingerprint density at radius 2 is 1.65 bits per heavy atom. The first kappa shape index (κ1) is 17.7. The van der Waals surface area contributed by atoms with E-state index in [1.165, 1.54) is 0 Å². The molecule has 0 aromatic heterocycles. The summed E-state index contributed by atoms with van der Waals surface area (Å²) in [7, 11) is 1.81. The van der Waals surface area contributed by atoms with Crippen LogP contribution in [-0.4, -0.2) is 95.2 Å². The lowest BCUT2D eigenvalue weighted by Gasteiger charge is -2.46. The van der Waals surface area contributed by atoms with E-state index < -0.39 is 11.8 Å². The second kappa shape index (κ2) is 6.47. The molecule has 2 aliphatic heterocycles. The van der Waals surface area contributed by atoms with Crippen molar-refractivity contribution in [3.63, 3.8) is 0 Å². The lowest BCUT2D eigenvalue weighted by atomic mass is 9.99. The van der Waals surface area contributed by atoms with Crippen molar-refractivity contribution in [1.82, 2.24) is 19.6 Å². The van der Waals surface area contributed by atoms with Crippen LogP contribution >= 0.6 is 0 Å². The van der Waals surface area contributed by atoms with Crippen molar-refractivity contribution >= 4 is 17.7 Å². The number of carbonyl (C=O) groups is 3. The van der Waals surface area contributed by atoms with Gasteiger partial charge in [0.2, 0.25) is 5.91 Å². The van der Waals surface area contributed by atoms with Crippen molar-refractivity contribution in [2.45, 2.75) is 39.3 Å². The second-order valence-electron chi connectivity index (χ2n) is 7.37. The minimum atomic E-state index is -0.432. The van der Waals surface area contributed by atoms with Gasteiger partial charge in [0.05, 0.1) is 6.54 Å². The molecule has 0 aromatic rings. The number of likely N-dealkylation sites (N-methyl/N-ethyl adjacent to an activating group) is 1. The van der Waals surface area contributed by atoms with Crippen molar-refractivity contribution in [2.24, 2.45) is 0 Å². The van der Waals surface area contributed by atoms with Gasteiger partial charge in [-0.3, -0.25) is 19.3 Å². The molecule has 7 heteroatoms. The van der Waals surface area contributed by atoms with Crippen LogP contribution in [0.1, 0.15) is 27.7 Å². The molecular formula is C16H28N4O3. The molecule has 2 rings (SSSR count). The van der Waals surface area contributed by atoms with Gasteiger partial charge in [0, 0.05) is 51.4 Å². The maximum absolute atomic E-state index is 12.4. The summed E-state index contributed by atoms with van der Waals surface area (Å²) < 4.78 is 0. The fourth-order valence-electron chi connectivity index (χ4n) is 3.18. The van der Waals surface area contributed by atoms with Crippen LogP contribution < -0.4 is 0 Å². The summed E-state index contributed by atoms with van der Waals surface area (Å²) >= 11 is 0. The molecule has 0 N–H and O–H groups in total. The third kappa shape index (κ3) is 3.65. The highest BCUT2D eigenvalue weighted by atomic mass is 16.2. The quantitative estimate of drug-likeness (QED) is 0.661. The van der Waals surface area contributed by atoms with Crippen LogP contribution in [0.2, 0.25) is 0 Å². The van der Waals surface area contributed by atoms with Crippen molar-refractivity contribution in [1.29, 1.82) is 0 Å². The highest BCUT2D eigenvalue weighted by Crippen LogP contribution is 2.20. The van der Waals surface area contributed by atoms with Crippen molar-refractivity contribution < 1.29 is 14.4 Å². The molecule has 0 spiro atoms. The smallest absolute Gasteiger partial charge is 0.312 e. The van der Waals surface area contributed by atoms with E-state index in [2.05, 4.69) is 4.90 Å². The monoisotopic (exact) mass is 324 g/mol. The molecule has 2 fully saturated rings. The Morgan fingerprint density at radius 3 is 2.22 bits per heavy atom. The van der Waals surface area contributed by atoms with Crippen molar-refractivity contribution in [3.8, 4) is 0 Å². The molecule has 7 nitrogen and oxygen atoms in total. The van der Waals surface area contributed by atoms with Gasteiger partial charge in [-0.1, -0.05) is 0 Å². The molecular weight excluding hydrogens is 296 g/mol. The summed E-state index contributed by atoms with van der Waals surface area (Å²) in [5.41, 5.74) is -0.340. The van der Waals surface area contributed by atoms with Crippen LogP contribution in [-0.2, 0) is 14.4 Å². The van der Waals surface area contributed by atoms with Crippen molar-refractivity contribution in [2.75, 3.05) is 46.3 Å². The summed E-state index contributed by atoms with van der Waals surface area (Å²) in [5, 5.41) is 0. The zero-order valence-corrected chi connectivity index (χ0v) is 14.8. The molecule has 0 unspecified atom stereocenters. The van der Waals surface area contributed by atoms with Gasteiger partial charge >= 0.3 is 11.8 Å². The van der Waals surface area contributed by atoms with Crippen LogP contribution in [0.25, 0.3) is 0 Å². The summed E-state index contributed by atoms with van der Waals surface area (Å²) in [5.74, 6) is -0.758. The fraction of sp³-hybridized carbons (Fsp3) is 0.812. The van der Waals surface area contributed by atoms with E-state index in [0.29, 0.717) is 32.7 Å². The van der Waals surface area contributed by atoms with E-state index in [9.17, 15) is 14.4 Å². The van der Waals surface area contributed by atoms with Crippen LogP contribution in [0.4, 0.5) is 0 Å². The summed E-state index contributed by atoms with van der Waals surface area (Å²) in [4.78, 5) is 43.5. The second-order valence-corrected chi connectivity index (χ2v) is 7.37. The summed E-state index contributed by atoms with van der Waals surface area (Å²) in [6.45, 7) is 11.3. The van der Waals surface area contributed by atoms with Gasteiger partial charge in [0.1, 0.15) is 0 Å². The molecule has 0 aliphatic carbocycles. The molecule has 0 atom stereocenters. The van der Waals surface area contributed by atoms with Gasteiger partial charge in [-0.05, 0) is 27.7 Å². The van der Waals surface area contributed by atoms with Crippen LogP contribution in [0, 0.1) is 0 Å². The van der Waals surface area contributed by atoms with E-state index >= 15 is 0 Å². The minimum absolute atomic E-state index is 0.0388. The lowest BCUT2D eigenvalue weighted by molar-refractivity contribution is -0.159. The zero-order chi connectivity index (χ0) is 17.4. The molecule has 2 heterocycles. The molecule has 2 saturated heterocycles. The predicted octanol–water partition coefficient (Wildman–Crippen LogP) is -0.382. The first-order chi connectivity index (χ1) is 10.6. The molecule has 0 aromatic carbocycles. The van der Waals surface area contributed by atoms with Gasteiger partial charge < -0.3 is 14.7 Å². The first-order valence-corrected chi connectivity index (χ1v) is 8.22. The van der Waals surface area contributed by atoms with E-state index in [1.54, 1.807) is 21.7 Å². The molecule has 2 aliphatic rings. The number of hydrogen-bond donors (Lipinski definition) is 0. The summed E-state index contributed by atoms with van der Waals surface area (Å²) in [6.07, 6.45) is 0. The first-order valence-electron chi connectivity index (χ1n) is 8.22. The van der Waals surface area contributed by atoms with Crippen molar-refractivity contribution in [3.05, 3.63) is 0 Å². The Morgan fingerprint density at radius 1 is 1.00 bits per heavy atom. The topological polar surface area (TPSA) is 64.2 Å². The fourth-order valence-corrected chi connectivity index (χ4v) is 3.18. The van der Waals surface area contributed by atoms with Gasteiger partial charge in [0.25, 0.3) is 0 Å². The molecule has 0 radical (unpaired) electrons. The van der Waals surface area contributed by atoms with E-state index in [-0.39, 0.29) is 17.5 Å². The number of carbonyl (C=O) groups excluding carboxylic acids is 3. The van der Waals surface area contributed by atoms with Gasteiger partial charge in [-0.2, -0.15) is 0 Å². The normalized spacial score (nSPS) is 21.7. The Balaban J connectivity index is 2.02. The van der Waals surface area contributed by atoms with Crippen LogP contribution in [0.5, 0.6) is 0 Å². The molecule has 130 valence electrons. The maximum Gasteiger partial charge on any atom is 0.312 e. The highest BCUT2D eigenvalue weighted by Gasteiger charge is 2.39. The maximum atomic E-state index is 12.4. The largest absolute Gasteiger partial charge is 0.343 e. The van der Waals surface area contributed by atoms with E-state index in [0.717, 1.165) is 6.54 Å². The van der Waals surface area contributed by atoms with E-state index in [1.807, 2.05) is 27.7 Å². The van der Waals surface area contributed by atoms with Gasteiger partial charge in [0.15, 0.2) is 0 Å². The third-order valence-corrected chi connectivity index (χ3v) is 4.86. The molecule has 3 amide bonds. The Bertz CT molecular complexity index is 504. The highest BCUT2D eigenvalue weighted by molar-refractivity contribution is 6.35. The Labute approximate surface area is 138 Å². The number of piperazine rings is 2. The number of nitrogens with zero attached hydrogens (tertiary/aromatic N) is 4. The number of hydrogen-bond acceptors (Lipinski definition) is 4. The lowest BCUT2D eigenvalue weighted by Crippen LogP contribution is -2.63. The average molecular weight is 324 g/mol. The Hall–Kier alpha value is -1.63. The minimum Gasteiger partial charge on any atom is -0.343 e. The third-order valence-electron chi connectivity index (χ3n) is 4.86. The molecule has 0 saturated carbocycles. The van der Waals surface area contributed by atoms with Crippen LogP contribution in [0.3, 0.4) is 0 Å². The summed E-state index contributed by atoms with van der Waals surface area (Å²) in [6, 6.07) is 0.0388. The van der Waals surface area contributed by atoms with Gasteiger partial charge in [-0.25, -0.2) is 0 Å². The zero-order valence-electron chi connectivity index (χ0n) is 14.8. The number of amides is 3. The predicted molar refractivity (Wildman–Crippen MR) is 86.7 cm³/mol. The molecule has 23 heavy (non-hydrogen) atoms. The Kier molecular flexibility index (Phi) is 4.98.